The van der Waals surface area contributed by atoms with Gasteiger partial charge in [-0.3, -0.25) is 19.5 Å². The summed E-state index contributed by atoms with van der Waals surface area (Å²) >= 11 is 7.09. The molecule has 0 aliphatic rings. The number of imide groups is 1. The van der Waals surface area contributed by atoms with Gasteiger partial charge in [0.1, 0.15) is 0 Å². The summed E-state index contributed by atoms with van der Waals surface area (Å²) in [5, 5.41) is 5.85. The molecule has 7 nitrogen and oxygen atoms in total. The standard InChI is InChI=1S/C16H19ClN4O3S/c1-9(2)7-21-14(23)11-5-4-10(17)6-12(11)19-16(21)25-8-13(22)20-15(24)18-3/h4-6,9H,7-8H2,1-3H3,(H2,18,20,22,24). The number of carbonyl (C=O) groups is 2. The lowest BCUT2D eigenvalue weighted by atomic mass is 10.2. The second-order valence-corrected chi connectivity index (χ2v) is 7.16. The number of hydrogen-bond acceptors (Lipinski definition) is 5. The van der Waals surface area contributed by atoms with Crippen molar-refractivity contribution in [2.45, 2.75) is 25.5 Å². The Kier molecular flexibility index (Phi) is 6.44. The van der Waals surface area contributed by atoms with Gasteiger partial charge in [-0.05, 0) is 24.1 Å². The highest BCUT2D eigenvalue weighted by Gasteiger charge is 2.15. The molecule has 0 bridgehead atoms. The van der Waals surface area contributed by atoms with Crippen molar-refractivity contribution in [3.05, 3.63) is 33.6 Å². The van der Waals surface area contributed by atoms with Gasteiger partial charge in [0.05, 0.1) is 16.7 Å². The van der Waals surface area contributed by atoms with E-state index < -0.39 is 11.9 Å². The predicted octanol–water partition coefficient (Wildman–Crippen LogP) is 2.25. The summed E-state index contributed by atoms with van der Waals surface area (Å²) in [6, 6.07) is 4.34. The van der Waals surface area contributed by atoms with E-state index in [-0.39, 0.29) is 17.2 Å². The molecule has 1 aromatic carbocycles. The van der Waals surface area contributed by atoms with E-state index in [2.05, 4.69) is 15.6 Å². The van der Waals surface area contributed by atoms with Gasteiger partial charge in [0.2, 0.25) is 5.91 Å². The molecule has 3 amide bonds. The first kappa shape index (κ1) is 19.3. The minimum absolute atomic E-state index is 0.0377. The van der Waals surface area contributed by atoms with E-state index in [0.717, 1.165) is 11.8 Å². The Bertz CT molecular complexity index is 866. The van der Waals surface area contributed by atoms with E-state index in [1.54, 1.807) is 22.8 Å². The Labute approximate surface area is 154 Å². The topological polar surface area (TPSA) is 93.1 Å². The summed E-state index contributed by atoms with van der Waals surface area (Å²) in [6.07, 6.45) is 0. The molecule has 0 aliphatic carbocycles. The lowest BCUT2D eigenvalue weighted by Crippen LogP contribution is -2.38. The number of benzene rings is 1. The second-order valence-electron chi connectivity index (χ2n) is 5.78. The van der Waals surface area contributed by atoms with Crippen molar-refractivity contribution in [2.24, 2.45) is 5.92 Å². The second kappa shape index (κ2) is 8.35. The van der Waals surface area contributed by atoms with E-state index in [1.165, 1.54) is 7.05 Å². The number of halogens is 1. The summed E-state index contributed by atoms with van der Waals surface area (Å²) in [6.45, 7) is 4.46. The number of thioether (sulfide) groups is 1. The molecular weight excluding hydrogens is 364 g/mol. The third kappa shape index (κ3) is 4.96. The van der Waals surface area contributed by atoms with E-state index in [4.69, 9.17) is 11.6 Å². The number of amides is 3. The van der Waals surface area contributed by atoms with E-state index in [1.807, 2.05) is 13.8 Å². The van der Waals surface area contributed by atoms with Gasteiger partial charge < -0.3 is 5.32 Å². The van der Waals surface area contributed by atoms with Gasteiger partial charge >= 0.3 is 6.03 Å². The fourth-order valence-electron chi connectivity index (χ4n) is 2.17. The maximum Gasteiger partial charge on any atom is 0.321 e. The summed E-state index contributed by atoms with van der Waals surface area (Å²) < 4.78 is 1.55. The normalized spacial score (nSPS) is 10.9. The summed E-state index contributed by atoms with van der Waals surface area (Å²) in [5.41, 5.74) is 0.302. The molecule has 0 fully saturated rings. The first-order valence-corrected chi connectivity index (χ1v) is 9.02. The number of hydrogen-bond donors (Lipinski definition) is 2. The molecule has 0 unspecified atom stereocenters. The number of rotatable bonds is 5. The lowest BCUT2D eigenvalue weighted by Gasteiger charge is -2.15. The molecule has 134 valence electrons. The number of nitrogens with zero attached hydrogens (tertiary/aromatic N) is 2. The van der Waals surface area contributed by atoms with Crippen LogP contribution in [0.3, 0.4) is 0 Å². The monoisotopic (exact) mass is 382 g/mol. The molecule has 9 heteroatoms. The van der Waals surface area contributed by atoms with Crippen LogP contribution in [0.5, 0.6) is 0 Å². The molecule has 0 spiro atoms. The Morgan fingerprint density at radius 3 is 2.72 bits per heavy atom. The molecule has 25 heavy (non-hydrogen) atoms. The molecule has 2 N–H and O–H groups in total. The van der Waals surface area contributed by atoms with Gasteiger partial charge in [-0.1, -0.05) is 37.2 Å². The molecule has 1 heterocycles. The van der Waals surface area contributed by atoms with Crippen LogP contribution in [0, 0.1) is 5.92 Å². The zero-order valence-corrected chi connectivity index (χ0v) is 15.7. The molecule has 0 radical (unpaired) electrons. The van der Waals surface area contributed by atoms with Gasteiger partial charge in [0, 0.05) is 18.6 Å². The molecule has 0 saturated heterocycles. The SMILES string of the molecule is CNC(=O)NC(=O)CSc1nc2cc(Cl)ccc2c(=O)n1CC(C)C. The predicted molar refractivity (Wildman–Crippen MR) is 99.2 cm³/mol. The maximum absolute atomic E-state index is 12.8. The van der Waals surface area contributed by atoms with Crippen molar-refractivity contribution in [1.82, 2.24) is 20.2 Å². The van der Waals surface area contributed by atoms with Crippen molar-refractivity contribution >= 4 is 46.2 Å². The first-order valence-electron chi connectivity index (χ1n) is 7.66. The van der Waals surface area contributed by atoms with Crippen LogP contribution in [0.1, 0.15) is 13.8 Å². The van der Waals surface area contributed by atoms with Gasteiger partial charge in [0.25, 0.3) is 5.56 Å². The van der Waals surface area contributed by atoms with E-state index in [9.17, 15) is 14.4 Å². The van der Waals surface area contributed by atoms with Gasteiger partial charge in [-0.15, -0.1) is 0 Å². The number of aromatic nitrogens is 2. The van der Waals surface area contributed by atoms with Crippen LogP contribution >= 0.6 is 23.4 Å². The number of fused-ring (bicyclic) bond motifs is 1. The molecule has 1 aromatic heterocycles. The van der Waals surface area contributed by atoms with Gasteiger partial charge in [-0.2, -0.15) is 0 Å². The van der Waals surface area contributed by atoms with Crippen molar-refractivity contribution in [1.29, 1.82) is 0 Å². The Balaban J connectivity index is 2.37. The highest BCUT2D eigenvalue weighted by molar-refractivity contribution is 7.99. The summed E-state index contributed by atoms with van der Waals surface area (Å²) in [5.74, 6) is -0.284. The van der Waals surface area contributed by atoms with Crippen LogP contribution < -0.4 is 16.2 Å². The van der Waals surface area contributed by atoms with Gasteiger partial charge in [0.15, 0.2) is 5.16 Å². The first-order chi connectivity index (χ1) is 11.8. The molecular formula is C16H19ClN4O3S. The van der Waals surface area contributed by atoms with Crippen LogP contribution in [0.25, 0.3) is 10.9 Å². The molecule has 2 aromatic rings. The Morgan fingerprint density at radius 2 is 2.08 bits per heavy atom. The third-order valence-electron chi connectivity index (χ3n) is 3.24. The smallest absolute Gasteiger partial charge is 0.321 e. The number of urea groups is 1. The maximum atomic E-state index is 12.8. The van der Waals surface area contributed by atoms with Gasteiger partial charge in [-0.25, -0.2) is 9.78 Å². The molecule has 0 aliphatic heterocycles. The summed E-state index contributed by atoms with van der Waals surface area (Å²) in [7, 11) is 1.42. The fourth-order valence-corrected chi connectivity index (χ4v) is 3.14. The van der Waals surface area contributed by atoms with Crippen LogP contribution in [0.15, 0.2) is 28.2 Å². The van der Waals surface area contributed by atoms with Crippen molar-refractivity contribution in [3.8, 4) is 0 Å². The minimum atomic E-state index is -0.580. The fraction of sp³-hybridized carbons (Fsp3) is 0.375. The lowest BCUT2D eigenvalue weighted by molar-refractivity contribution is -0.117. The molecule has 0 saturated carbocycles. The van der Waals surface area contributed by atoms with Crippen molar-refractivity contribution in [2.75, 3.05) is 12.8 Å². The molecule has 2 rings (SSSR count). The number of carbonyl (C=O) groups excluding carboxylic acids is 2. The van der Waals surface area contributed by atoms with E-state index >= 15 is 0 Å². The largest absolute Gasteiger partial charge is 0.341 e. The molecule has 0 atom stereocenters. The Hall–Kier alpha value is -2.06. The average molecular weight is 383 g/mol. The highest BCUT2D eigenvalue weighted by Crippen LogP contribution is 2.21. The zero-order valence-electron chi connectivity index (χ0n) is 14.1. The summed E-state index contributed by atoms with van der Waals surface area (Å²) in [4.78, 5) is 40.2. The Morgan fingerprint density at radius 1 is 1.36 bits per heavy atom. The average Bonchev–Trinajstić information content (AvgIpc) is 2.55. The van der Waals surface area contributed by atoms with Crippen LogP contribution in [0.2, 0.25) is 5.02 Å². The van der Waals surface area contributed by atoms with E-state index in [0.29, 0.717) is 27.6 Å². The zero-order chi connectivity index (χ0) is 18.6. The quantitative estimate of drug-likeness (QED) is 0.611. The van der Waals surface area contributed by atoms with Crippen molar-refractivity contribution in [3.63, 3.8) is 0 Å². The van der Waals surface area contributed by atoms with Crippen LogP contribution in [-0.4, -0.2) is 34.3 Å². The number of nitrogens with one attached hydrogen (secondary N) is 2. The minimum Gasteiger partial charge on any atom is -0.341 e. The highest BCUT2D eigenvalue weighted by atomic mass is 35.5. The third-order valence-corrected chi connectivity index (χ3v) is 4.45. The van der Waals surface area contributed by atoms with Crippen LogP contribution in [-0.2, 0) is 11.3 Å². The van der Waals surface area contributed by atoms with Crippen LogP contribution in [0.4, 0.5) is 4.79 Å². The van der Waals surface area contributed by atoms with Crippen molar-refractivity contribution < 1.29 is 9.59 Å².